The molecular formula is C23H20BrF4N3O7. The maximum Gasteiger partial charge on any atom is 0.431 e. The number of benzene rings is 2. The molecule has 0 radical (unpaired) electrons. The van der Waals surface area contributed by atoms with Crippen LogP contribution in [0.4, 0.5) is 17.6 Å². The summed E-state index contributed by atoms with van der Waals surface area (Å²) in [4.78, 5) is 42.3. The van der Waals surface area contributed by atoms with Gasteiger partial charge in [-0.1, -0.05) is 12.1 Å². The molecule has 0 spiro atoms. The van der Waals surface area contributed by atoms with Crippen molar-refractivity contribution in [1.82, 2.24) is 14.2 Å². The molecule has 1 atom stereocenters. The Bertz CT molecular complexity index is 1470. The highest BCUT2D eigenvalue weighted by Gasteiger charge is 2.35. The van der Waals surface area contributed by atoms with Crippen molar-refractivity contribution in [3.05, 3.63) is 79.3 Å². The van der Waals surface area contributed by atoms with Gasteiger partial charge in [0.25, 0.3) is 11.8 Å². The number of amides is 1. The minimum absolute atomic E-state index is 0.00773. The summed E-state index contributed by atoms with van der Waals surface area (Å²) in [6.07, 6.45) is -6.42. The number of hydrogen-bond acceptors (Lipinski definition) is 7. The zero-order valence-electron chi connectivity index (χ0n) is 20.2. The molecule has 0 aliphatic carbocycles. The number of alkyl halides is 3. The lowest BCUT2D eigenvalue weighted by Crippen LogP contribution is -2.41. The van der Waals surface area contributed by atoms with E-state index in [-0.39, 0.29) is 36.9 Å². The third-order valence-corrected chi connectivity index (χ3v) is 5.78. The average molecular weight is 606 g/mol. The standard InChI is InChI=1S/C23H20BrF4N3O7/c1-29-18(23(26,27)28)11-19(32)31(22(29)34)14-10-17(12(24)9-13(14)25)37-15-7-5-6-8-16(15)38-21(35-3)20(33)30(2)36-4/h5-11,21H,1-4H3/t21-/m0/s1. The number of hydrogen-bond donors (Lipinski definition) is 0. The maximum absolute atomic E-state index is 14.9. The first-order valence-electron chi connectivity index (χ1n) is 10.5. The first-order valence-corrected chi connectivity index (χ1v) is 11.3. The highest BCUT2D eigenvalue weighted by atomic mass is 79.9. The Morgan fingerprint density at radius 3 is 2.26 bits per heavy atom. The zero-order valence-corrected chi connectivity index (χ0v) is 21.8. The molecule has 1 amide bonds. The monoisotopic (exact) mass is 605 g/mol. The molecule has 0 unspecified atom stereocenters. The number of aromatic nitrogens is 2. The summed E-state index contributed by atoms with van der Waals surface area (Å²) >= 11 is 3.11. The predicted molar refractivity (Wildman–Crippen MR) is 128 cm³/mol. The van der Waals surface area contributed by atoms with Gasteiger partial charge in [0.05, 0.1) is 17.3 Å². The molecule has 0 aliphatic heterocycles. The van der Waals surface area contributed by atoms with Crippen LogP contribution in [0.3, 0.4) is 0 Å². The number of halogens is 5. The summed E-state index contributed by atoms with van der Waals surface area (Å²) in [6, 6.07) is 8.00. The third kappa shape index (κ3) is 5.89. The molecule has 0 saturated heterocycles. The van der Waals surface area contributed by atoms with Crippen molar-refractivity contribution in [3.63, 3.8) is 0 Å². The number of hydroxylamine groups is 2. The second-order valence-corrected chi connectivity index (χ2v) is 8.38. The number of methoxy groups -OCH3 is 1. The summed E-state index contributed by atoms with van der Waals surface area (Å²) in [7, 11) is 4.63. The third-order valence-electron chi connectivity index (χ3n) is 5.16. The summed E-state index contributed by atoms with van der Waals surface area (Å²) < 4.78 is 71.4. The smallest absolute Gasteiger partial charge is 0.431 e. The van der Waals surface area contributed by atoms with Gasteiger partial charge in [-0.2, -0.15) is 13.2 Å². The molecule has 0 N–H and O–H groups in total. The van der Waals surface area contributed by atoms with Crippen LogP contribution in [0.1, 0.15) is 5.69 Å². The van der Waals surface area contributed by atoms with Gasteiger partial charge in [-0.15, -0.1) is 0 Å². The van der Waals surface area contributed by atoms with Gasteiger partial charge in [-0.3, -0.25) is 19.0 Å². The molecule has 1 heterocycles. The van der Waals surface area contributed by atoms with Crippen LogP contribution in [0, 0.1) is 5.82 Å². The fourth-order valence-electron chi connectivity index (χ4n) is 3.19. The molecule has 3 rings (SSSR count). The molecule has 15 heteroatoms. The van der Waals surface area contributed by atoms with Crippen LogP contribution in [0.2, 0.25) is 0 Å². The van der Waals surface area contributed by atoms with Gasteiger partial charge >= 0.3 is 17.8 Å². The molecule has 0 bridgehead atoms. The van der Waals surface area contributed by atoms with E-state index >= 15 is 0 Å². The number of carbonyl (C=O) groups excluding carboxylic acids is 1. The quantitative estimate of drug-likeness (QED) is 0.220. The summed E-state index contributed by atoms with van der Waals surface area (Å²) in [5.74, 6) is -1.90. The van der Waals surface area contributed by atoms with Gasteiger partial charge in [0.1, 0.15) is 17.3 Å². The predicted octanol–water partition coefficient (Wildman–Crippen LogP) is 3.62. The van der Waals surface area contributed by atoms with Gasteiger partial charge in [0.15, 0.2) is 11.5 Å². The summed E-state index contributed by atoms with van der Waals surface area (Å²) in [6.45, 7) is 0. The van der Waals surface area contributed by atoms with Crippen LogP contribution in [-0.4, -0.2) is 47.7 Å². The van der Waals surface area contributed by atoms with Gasteiger partial charge in [-0.25, -0.2) is 18.8 Å². The van der Waals surface area contributed by atoms with Crippen LogP contribution in [-0.2, 0) is 27.6 Å². The topological polar surface area (TPSA) is 101 Å². The lowest BCUT2D eigenvalue weighted by molar-refractivity contribution is -0.194. The summed E-state index contributed by atoms with van der Waals surface area (Å²) in [5.41, 5.74) is -4.98. The molecule has 0 fully saturated rings. The van der Waals surface area contributed by atoms with E-state index in [9.17, 15) is 31.9 Å². The van der Waals surface area contributed by atoms with E-state index in [1.807, 2.05) is 0 Å². The minimum Gasteiger partial charge on any atom is -0.452 e. The molecule has 3 aromatic rings. The van der Waals surface area contributed by atoms with Crippen molar-refractivity contribution in [3.8, 4) is 22.9 Å². The lowest BCUT2D eigenvalue weighted by Gasteiger charge is -2.22. The summed E-state index contributed by atoms with van der Waals surface area (Å²) in [5, 5.41) is 0.878. The normalized spacial score (nSPS) is 12.2. The molecule has 10 nitrogen and oxygen atoms in total. The fraction of sp³-hybridized carbons (Fsp3) is 0.261. The van der Waals surface area contributed by atoms with Gasteiger partial charge in [0.2, 0.25) is 0 Å². The van der Waals surface area contributed by atoms with E-state index in [2.05, 4.69) is 15.9 Å². The molecule has 0 saturated carbocycles. The van der Waals surface area contributed by atoms with Gasteiger partial charge in [-0.05, 0) is 34.1 Å². The van der Waals surface area contributed by atoms with Crippen LogP contribution in [0.25, 0.3) is 5.69 Å². The number of carbonyl (C=O) groups is 1. The van der Waals surface area contributed by atoms with Crippen molar-refractivity contribution in [2.24, 2.45) is 7.05 Å². The van der Waals surface area contributed by atoms with Gasteiger partial charge < -0.3 is 14.2 Å². The van der Waals surface area contributed by atoms with Crippen LogP contribution in [0.5, 0.6) is 17.2 Å². The Hall–Kier alpha value is -3.69. The van der Waals surface area contributed by atoms with Crippen molar-refractivity contribution in [2.75, 3.05) is 21.3 Å². The van der Waals surface area contributed by atoms with E-state index in [4.69, 9.17) is 19.0 Å². The average Bonchev–Trinajstić information content (AvgIpc) is 2.86. The van der Waals surface area contributed by atoms with Crippen LogP contribution in [0.15, 0.2) is 56.5 Å². The Morgan fingerprint density at radius 1 is 1.05 bits per heavy atom. The molecular weight excluding hydrogens is 586 g/mol. The highest BCUT2D eigenvalue weighted by molar-refractivity contribution is 9.10. The van der Waals surface area contributed by atoms with E-state index < -0.39 is 46.8 Å². The second kappa shape index (κ2) is 11.4. The first kappa shape index (κ1) is 28.9. The first-order chi connectivity index (χ1) is 17.8. The SMILES string of the molecule is CO[C@@H](Oc1ccccc1Oc1cc(-n2c(=O)cc(C(F)(F)F)n(C)c2=O)c(F)cc1Br)C(=O)N(C)OC. The molecule has 204 valence electrons. The molecule has 2 aromatic carbocycles. The van der Waals surface area contributed by atoms with E-state index in [0.29, 0.717) is 0 Å². The van der Waals surface area contributed by atoms with E-state index in [1.165, 1.54) is 33.4 Å². The Labute approximate surface area is 220 Å². The van der Waals surface area contributed by atoms with Crippen molar-refractivity contribution < 1.29 is 41.4 Å². The van der Waals surface area contributed by atoms with E-state index in [1.54, 1.807) is 12.1 Å². The van der Waals surface area contributed by atoms with Crippen LogP contribution >= 0.6 is 15.9 Å². The molecule has 1 aromatic heterocycles. The van der Waals surface area contributed by atoms with E-state index in [0.717, 1.165) is 24.2 Å². The largest absolute Gasteiger partial charge is 0.452 e. The Morgan fingerprint density at radius 2 is 1.68 bits per heavy atom. The number of nitrogens with zero attached hydrogens (tertiary/aromatic N) is 3. The van der Waals surface area contributed by atoms with Crippen molar-refractivity contribution in [1.29, 1.82) is 0 Å². The second-order valence-electron chi connectivity index (χ2n) is 7.53. The Kier molecular flexibility index (Phi) is 8.64. The highest BCUT2D eigenvalue weighted by Crippen LogP contribution is 2.37. The number of ether oxygens (including phenoxy) is 3. The Balaban J connectivity index is 2.06. The van der Waals surface area contributed by atoms with Crippen molar-refractivity contribution >= 4 is 21.8 Å². The maximum atomic E-state index is 14.9. The number of para-hydroxylation sites is 2. The van der Waals surface area contributed by atoms with Crippen molar-refractivity contribution in [2.45, 2.75) is 12.5 Å². The lowest BCUT2D eigenvalue weighted by atomic mass is 10.2. The van der Waals surface area contributed by atoms with Crippen LogP contribution < -0.4 is 20.7 Å². The minimum atomic E-state index is -4.98. The van der Waals surface area contributed by atoms with Gasteiger partial charge in [0, 0.05) is 33.3 Å². The fourth-order valence-corrected chi connectivity index (χ4v) is 3.59. The number of likely N-dealkylation sites (N-methyl/N-ethyl adjacent to an activating group) is 1. The number of rotatable bonds is 8. The molecule has 38 heavy (non-hydrogen) atoms. The zero-order chi connectivity index (χ0) is 28.4. The molecule has 0 aliphatic rings.